The first-order valence-corrected chi connectivity index (χ1v) is 8.33. The molecule has 0 aliphatic carbocycles. The largest absolute Gasteiger partial charge is 0.493 e. The summed E-state index contributed by atoms with van der Waals surface area (Å²) in [5.74, 6) is -5.22. The van der Waals surface area contributed by atoms with Crippen LogP contribution in [0.25, 0.3) is 0 Å². The maximum atomic E-state index is 13.6. The first-order valence-electron chi connectivity index (χ1n) is 8.33. The number of rotatable bonds is 8. The van der Waals surface area contributed by atoms with Crippen LogP contribution in [0.4, 0.5) is 13.2 Å². The third-order valence-electron chi connectivity index (χ3n) is 3.90. The normalized spacial score (nSPS) is 10.3. The SMILES string of the molecule is COc1cc(C(=O)NCCNC(=O)c2ccc(F)c(F)c2F)cc(OC)c1OC. The number of halogens is 3. The number of nitrogens with one attached hydrogen (secondary N) is 2. The molecule has 0 aliphatic rings. The van der Waals surface area contributed by atoms with Crippen LogP contribution in [0.2, 0.25) is 0 Å². The van der Waals surface area contributed by atoms with E-state index in [-0.39, 0.29) is 18.7 Å². The number of amides is 2. The minimum atomic E-state index is -1.73. The van der Waals surface area contributed by atoms with Crippen molar-refractivity contribution in [2.75, 3.05) is 34.4 Å². The molecule has 0 atom stereocenters. The highest BCUT2D eigenvalue weighted by molar-refractivity contribution is 5.96. The van der Waals surface area contributed by atoms with Crippen LogP contribution in [0.15, 0.2) is 24.3 Å². The predicted molar refractivity (Wildman–Crippen MR) is 97.1 cm³/mol. The number of ether oxygens (including phenoxy) is 3. The third kappa shape index (κ3) is 4.89. The molecule has 0 spiro atoms. The molecule has 2 aromatic rings. The van der Waals surface area contributed by atoms with E-state index in [0.717, 1.165) is 6.07 Å². The first kappa shape index (κ1) is 21.9. The van der Waals surface area contributed by atoms with Crippen molar-refractivity contribution in [1.82, 2.24) is 10.6 Å². The average molecular weight is 412 g/mol. The van der Waals surface area contributed by atoms with E-state index in [9.17, 15) is 22.8 Å². The van der Waals surface area contributed by atoms with Gasteiger partial charge in [0, 0.05) is 18.7 Å². The van der Waals surface area contributed by atoms with E-state index in [2.05, 4.69) is 10.6 Å². The fourth-order valence-electron chi connectivity index (χ4n) is 2.46. The van der Waals surface area contributed by atoms with E-state index in [1.807, 2.05) is 0 Å². The van der Waals surface area contributed by atoms with Gasteiger partial charge in [0.15, 0.2) is 29.0 Å². The van der Waals surface area contributed by atoms with Crippen molar-refractivity contribution in [3.05, 3.63) is 52.8 Å². The molecule has 0 heterocycles. The number of methoxy groups -OCH3 is 3. The predicted octanol–water partition coefficient (Wildman–Crippen LogP) is 2.29. The monoisotopic (exact) mass is 412 g/mol. The molecule has 2 N–H and O–H groups in total. The summed E-state index contributed by atoms with van der Waals surface area (Å²) in [5.41, 5.74) is -0.419. The van der Waals surface area contributed by atoms with Gasteiger partial charge in [-0.15, -0.1) is 0 Å². The van der Waals surface area contributed by atoms with Gasteiger partial charge in [-0.25, -0.2) is 13.2 Å². The summed E-state index contributed by atoms with van der Waals surface area (Å²) < 4.78 is 55.2. The van der Waals surface area contributed by atoms with Crippen molar-refractivity contribution in [3.63, 3.8) is 0 Å². The Kier molecular flexibility index (Phi) is 7.29. The van der Waals surface area contributed by atoms with Crippen molar-refractivity contribution in [2.24, 2.45) is 0 Å². The Labute approximate surface area is 164 Å². The third-order valence-corrected chi connectivity index (χ3v) is 3.90. The summed E-state index contributed by atoms with van der Waals surface area (Å²) in [5, 5.41) is 4.85. The molecule has 7 nitrogen and oxygen atoms in total. The van der Waals surface area contributed by atoms with Gasteiger partial charge in [0.25, 0.3) is 11.8 Å². The molecule has 0 aromatic heterocycles. The van der Waals surface area contributed by atoms with E-state index in [1.54, 1.807) is 0 Å². The Bertz CT molecular complexity index is 896. The molecule has 2 aromatic carbocycles. The maximum Gasteiger partial charge on any atom is 0.254 e. The lowest BCUT2D eigenvalue weighted by molar-refractivity contribution is 0.0924. The quantitative estimate of drug-likeness (QED) is 0.513. The summed E-state index contributed by atoms with van der Waals surface area (Å²) in [4.78, 5) is 24.2. The summed E-state index contributed by atoms with van der Waals surface area (Å²) in [6.45, 7) is -0.0834. The molecule has 0 unspecified atom stereocenters. The van der Waals surface area contributed by atoms with E-state index in [0.29, 0.717) is 23.3 Å². The Hall–Kier alpha value is -3.43. The lowest BCUT2D eigenvalue weighted by Gasteiger charge is -2.14. The van der Waals surface area contributed by atoms with Gasteiger partial charge in [-0.2, -0.15) is 0 Å². The van der Waals surface area contributed by atoms with Gasteiger partial charge in [-0.3, -0.25) is 9.59 Å². The second-order valence-electron chi connectivity index (χ2n) is 5.65. The maximum absolute atomic E-state index is 13.6. The minimum Gasteiger partial charge on any atom is -0.493 e. The number of benzene rings is 2. The van der Waals surface area contributed by atoms with Gasteiger partial charge in [-0.05, 0) is 24.3 Å². The molecule has 0 radical (unpaired) electrons. The molecular weight excluding hydrogens is 393 g/mol. The van der Waals surface area contributed by atoms with Crippen LogP contribution in [-0.2, 0) is 0 Å². The second-order valence-corrected chi connectivity index (χ2v) is 5.65. The highest BCUT2D eigenvalue weighted by Gasteiger charge is 2.19. The molecule has 0 aliphatic heterocycles. The lowest BCUT2D eigenvalue weighted by Crippen LogP contribution is -2.35. The Morgan fingerprint density at radius 2 is 1.38 bits per heavy atom. The smallest absolute Gasteiger partial charge is 0.254 e. The average Bonchev–Trinajstić information content (AvgIpc) is 2.73. The van der Waals surface area contributed by atoms with Crippen LogP contribution in [-0.4, -0.2) is 46.2 Å². The van der Waals surface area contributed by atoms with E-state index in [4.69, 9.17) is 14.2 Å². The van der Waals surface area contributed by atoms with Crippen LogP contribution in [0, 0.1) is 17.5 Å². The van der Waals surface area contributed by atoms with Crippen LogP contribution < -0.4 is 24.8 Å². The standard InChI is InChI=1S/C19H19F3N2O5/c1-27-13-8-10(9-14(28-2)17(13)29-3)18(25)23-6-7-24-19(26)11-4-5-12(20)16(22)15(11)21/h4-5,8-9H,6-7H2,1-3H3,(H,23,25)(H,24,26). The van der Waals surface area contributed by atoms with Crippen molar-refractivity contribution in [3.8, 4) is 17.2 Å². The van der Waals surface area contributed by atoms with Gasteiger partial charge >= 0.3 is 0 Å². The molecule has 2 amide bonds. The molecule has 0 saturated heterocycles. The summed E-state index contributed by atoms with van der Waals surface area (Å²) in [6, 6.07) is 4.38. The Morgan fingerprint density at radius 3 is 1.90 bits per heavy atom. The minimum absolute atomic E-state index is 0.00741. The Balaban J connectivity index is 1.97. The van der Waals surface area contributed by atoms with Crippen LogP contribution in [0.3, 0.4) is 0 Å². The van der Waals surface area contributed by atoms with Crippen LogP contribution in [0.1, 0.15) is 20.7 Å². The van der Waals surface area contributed by atoms with Crippen molar-refractivity contribution in [1.29, 1.82) is 0 Å². The van der Waals surface area contributed by atoms with Crippen LogP contribution in [0.5, 0.6) is 17.2 Å². The van der Waals surface area contributed by atoms with Gasteiger partial charge < -0.3 is 24.8 Å². The highest BCUT2D eigenvalue weighted by atomic mass is 19.2. The summed E-state index contributed by atoms with van der Waals surface area (Å²) in [7, 11) is 4.25. The lowest BCUT2D eigenvalue weighted by atomic mass is 10.1. The van der Waals surface area contributed by atoms with Crippen LogP contribution >= 0.6 is 0 Å². The topological polar surface area (TPSA) is 85.9 Å². The van der Waals surface area contributed by atoms with Crippen molar-refractivity contribution >= 4 is 11.8 Å². The number of carbonyl (C=O) groups excluding carboxylic acids is 2. The molecule has 0 bridgehead atoms. The zero-order chi connectivity index (χ0) is 21.6. The summed E-state index contributed by atoms with van der Waals surface area (Å²) in [6.07, 6.45) is 0. The first-order chi connectivity index (χ1) is 13.8. The van der Waals surface area contributed by atoms with Gasteiger partial charge in [0.2, 0.25) is 5.75 Å². The van der Waals surface area contributed by atoms with Gasteiger partial charge in [0.05, 0.1) is 26.9 Å². The van der Waals surface area contributed by atoms with E-state index in [1.165, 1.54) is 33.5 Å². The summed E-state index contributed by atoms with van der Waals surface area (Å²) >= 11 is 0. The second kappa shape index (κ2) is 9.67. The van der Waals surface area contributed by atoms with Crippen molar-refractivity contribution in [2.45, 2.75) is 0 Å². The zero-order valence-corrected chi connectivity index (χ0v) is 15.9. The van der Waals surface area contributed by atoms with Gasteiger partial charge in [-0.1, -0.05) is 0 Å². The molecule has 29 heavy (non-hydrogen) atoms. The van der Waals surface area contributed by atoms with Crippen molar-refractivity contribution < 1.29 is 37.0 Å². The zero-order valence-electron chi connectivity index (χ0n) is 15.9. The Morgan fingerprint density at radius 1 is 0.828 bits per heavy atom. The molecular formula is C19H19F3N2O5. The number of hydrogen-bond acceptors (Lipinski definition) is 5. The molecule has 0 fully saturated rings. The fourth-order valence-corrected chi connectivity index (χ4v) is 2.46. The molecule has 156 valence electrons. The van der Waals surface area contributed by atoms with Gasteiger partial charge in [0.1, 0.15) is 0 Å². The number of hydrogen-bond donors (Lipinski definition) is 2. The molecule has 0 saturated carbocycles. The highest BCUT2D eigenvalue weighted by Crippen LogP contribution is 2.38. The molecule has 10 heteroatoms. The van der Waals surface area contributed by atoms with E-state index >= 15 is 0 Å². The molecule has 2 rings (SSSR count). The van der Waals surface area contributed by atoms with E-state index < -0.39 is 34.8 Å². The fraction of sp³-hybridized carbons (Fsp3) is 0.263. The number of carbonyl (C=O) groups is 2.